The number of benzene rings is 3. The molecule has 0 heterocycles. The Kier molecular flexibility index (Phi) is 4.14. The Hall–Kier alpha value is -3.17. The van der Waals surface area contributed by atoms with Crippen LogP contribution < -0.4 is 5.73 Å². The Bertz CT molecular complexity index is 1130. The van der Waals surface area contributed by atoms with Crippen LogP contribution in [0.5, 0.6) is 0 Å². The normalized spacial score (nSPS) is 22.1. The van der Waals surface area contributed by atoms with E-state index in [1.165, 1.54) is 22.3 Å². The molecule has 3 aromatic carbocycles. The minimum absolute atomic E-state index is 0.392. The van der Waals surface area contributed by atoms with E-state index in [1.54, 1.807) is 12.1 Å². The topological polar surface area (TPSA) is 63.3 Å². The molecule has 0 fully saturated rings. The highest BCUT2D eigenvalue weighted by molar-refractivity contribution is 5.92. The minimum Gasteiger partial charge on any atom is -0.387 e. The fourth-order valence-corrected chi connectivity index (χ4v) is 5.01. The summed E-state index contributed by atoms with van der Waals surface area (Å²) in [7, 11) is 0. The number of rotatable bonds is 4. The summed E-state index contributed by atoms with van der Waals surface area (Å²) in [6.07, 6.45) is 4.08. The van der Waals surface area contributed by atoms with Crippen molar-refractivity contribution in [3.8, 4) is 0 Å². The van der Waals surface area contributed by atoms with E-state index < -0.39 is 17.4 Å². The molecule has 3 aromatic rings. The van der Waals surface area contributed by atoms with Crippen LogP contribution in [-0.2, 0) is 19.3 Å². The summed E-state index contributed by atoms with van der Waals surface area (Å²) >= 11 is 0. The highest BCUT2D eigenvalue weighted by Gasteiger charge is 2.48. The second-order valence-electron chi connectivity index (χ2n) is 8.22. The van der Waals surface area contributed by atoms with Gasteiger partial charge < -0.3 is 10.8 Å². The monoisotopic (exact) mass is 381 g/mol. The zero-order valence-corrected chi connectivity index (χ0v) is 16.1. The highest BCUT2D eigenvalue weighted by atomic mass is 16.3. The van der Waals surface area contributed by atoms with Crippen LogP contribution in [0, 0.1) is 5.41 Å². The summed E-state index contributed by atoms with van der Waals surface area (Å²) < 4.78 is 0. The number of hydrogen-bond acceptors (Lipinski definition) is 2. The maximum Gasteiger partial charge on any atom is 0.248 e. The van der Waals surface area contributed by atoms with E-state index in [-0.39, 0.29) is 0 Å². The Balaban J connectivity index is 1.57. The van der Waals surface area contributed by atoms with Crippen LogP contribution in [0.3, 0.4) is 0 Å². The van der Waals surface area contributed by atoms with Gasteiger partial charge in [-0.3, -0.25) is 4.79 Å². The molecular formula is C26H23NO2. The fourth-order valence-electron chi connectivity index (χ4n) is 5.01. The summed E-state index contributed by atoms with van der Waals surface area (Å²) in [6.45, 7) is 0. The van der Waals surface area contributed by atoms with Crippen LogP contribution in [0.1, 0.15) is 44.3 Å². The van der Waals surface area contributed by atoms with Crippen molar-refractivity contribution >= 4 is 12.0 Å². The summed E-state index contributed by atoms with van der Waals surface area (Å²) in [5.41, 5.74) is 12.7. The Morgan fingerprint density at radius 2 is 1.66 bits per heavy atom. The van der Waals surface area contributed by atoms with Crippen LogP contribution in [0.2, 0.25) is 0 Å². The average Bonchev–Trinajstić information content (AvgIpc) is 3.29. The summed E-state index contributed by atoms with van der Waals surface area (Å²) in [6, 6.07) is 24.1. The zero-order valence-electron chi connectivity index (χ0n) is 16.1. The summed E-state index contributed by atoms with van der Waals surface area (Å²) in [4.78, 5) is 11.4. The predicted octanol–water partition coefficient (Wildman–Crippen LogP) is 4.24. The number of carbonyl (C=O) groups is 1. The van der Waals surface area contributed by atoms with Gasteiger partial charge in [0.15, 0.2) is 0 Å². The molecular weight excluding hydrogens is 358 g/mol. The first-order valence-electron chi connectivity index (χ1n) is 10.0. The van der Waals surface area contributed by atoms with E-state index >= 15 is 0 Å². The molecule has 0 saturated heterocycles. The maximum atomic E-state index is 11.5. The highest BCUT2D eigenvalue weighted by Crippen LogP contribution is 2.54. The number of hydrogen-bond donors (Lipinski definition) is 2. The lowest BCUT2D eigenvalue weighted by atomic mass is 9.70. The molecule has 0 radical (unpaired) electrons. The van der Waals surface area contributed by atoms with Gasteiger partial charge >= 0.3 is 0 Å². The average molecular weight is 381 g/mol. The lowest BCUT2D eigenvalue weighted by Gasteiger charge is -2.35. The molecule has 0 aromatic heterocycles. The fraction of sp³-hybridized carbons (Fsp3) is 0.192. The zero-order chi connectivity index (χ0) is 20.0. The lowest BCUT2D eigenvalue weighted by molar-refractivity contribution is 0.0651. The molecule has 2 atom stereocenters. The van der Waals surface area contributed by atoms with Crippen molar-refractivity contribution in [2.24, 2.45) is 11.1 Å². The van der Waals surface area contributed by atoms with Crippen molar-refractivity contribution in [1.82, 2.24) is 0 Å². The maximum absolute atomic E-state index is 11.5. The van der Waals surface area contributed by atoms with Gasteiger partial charge in [0.25, 0.3) is 0 Å². The van der Waals surface area contributed by atoms with E-state index in [2.05, 4.69) is 36.4 Å². The first-order chi connectivity index (χ1) is 14.1. The second-order valence-corrected chi connectivity index (χ2v) is 8.22. The van der Waals surface area contributed by atoms with Gasteiger partial charge in [-0.1, -0.05) is 72.3 Å². The number of amides is 1. The van der Waals surface area contributed by atoms with Crippen molar-refractivity contribution < 1.29 is 9.90 Å². The minimum atomic E-state index is -0.560. The molecule has 0 spiro atoms. The van der Waals surface area contributed by atoms with Gasteiger partial charge in [-0.15, -0.1) is 0 Å². The molecule has 0 bridgehead atoms. The molecule has 3 N–H and O–H groups in total. The number of nitrogens with two attached hydrogens (primary N) is 1. The van der Waals surface area contributed by atoms with Gasteiger partial charge in [-0.25, -0.2) is 0 Å². The first-order valence-corrected chi connectivity index (χ1v) is 10.0. The van der Waals surface area contributed by atoms with Gasteiger partial charge in [0.2, 0.25) is 5.91 Å². The van der Waals surface area contributed by atoms with Gasteiger partial charge in [0.1, 0.15) is 0 Å². The molecule has 3 nitrogen and oxygen atoms in total. The van der Waals surface area contributed by atoms with E-state index in [9.17, 15) is 9.90 Å². The lowest BCUT2D eigenvalue weighted by Crippen LogP contribution is -2.31. The molecule has 144 valence electrons. The molecule has 3 heteroatoms. The van der Waals surface area contributed by atoms with E-state index in [0.717, 1.165) is 24.0 Å². The molecule has 2 aliphatic carbocycles. The largest absolute Gasteiger partial charge is 0.387 e. The van der Waals surface area contributed by atoms with E-state index in [0.29, 0.717) is 12.0 Å². The standard InChI is InChI=1S/C26H23NO2/c27-25(29)18-11-9-17(10-12-18)15-26(16-21-7-3-4-8-23(21)24(26)28)22-13-19-5-1-2-6-20(19)14-22/h1-13,24,28H,14-16H2,(H2,27,29). The SMILES string of the molecule is NC(=O)c1ccc(CC2(C3=Cc4ccccc4C3)Cc3ccccc3C2O)cc1. The predicted molar refractivity (Wildman–Crippen MR) is 114 cm³/mol. The van der Waals surface area contributed by atoms with Crippen LogP contribution >= 0.6 is 0 Å². The van der Waals surface area contributed by atoms with Crippen molar-refractivity contribution in [2.45, 2.75) is 25.4 Å². The number of aliphatic hydroxyl groups excluding tert-OH is 1. The first kappa shape index (κ1) is 17.9. The smallest absolute Gasteiger partial charge is 0.248 e. The van der Waals surface area contributed by atoms with Crippen LogP contribution in [0.4, 0.5) is 0 Å². The third-order valence-electron chi connectivity index (χ3n) is 6.54. The Morgan fingerprint density at radius 1 is 0.966 bits per heavy atom. The van der Waals surface area contributed by atoms with Gasteiger partial charge in [0, 0.05) is 11.0 Å². The third-order valence-corrected chi connectivity index (χ3v) is 6.54. The molecule has 0 saturated carbocycles. The van der Waals surface area contributed by atoms with Crippen molar-refractivity contribution in [1.29, 1.82) is 0 Å². The van der Waals surface area contributed by atoms with Crippen molar-refractivity contribution in [2.75, 3.05) is 0 Å². The van der Waals surface area contributed by atoms with E-state index in [4.69, 9.17) is 5.73 Å². The number of aliphatic hydroxyl groups is 1. The van der Waals surface area contributed by atoms with Gasteiger partial charge in [-0.05, 0) is 59.2 Å². The number of carbonyl (C=O) groups excluding carboxylic acids is 1. The van der Waals surface area contributed by atoms with Crippen LogP contribution in [0.15, 0.2) is 78.4 Å². The van der Waals surface area contributed by atoms with Gasteiger partial charge in [-0.2, -0.15) is 0 Å². The third kappa shape index (κ3) is 2.90. The van der Waals surface area contributed by atoms with Crippen LogP contribution in [0.25, 0.3) is 6.08 Å². The van der Waals surface area contributed by atoms with Crippen molar-refractivity contribution in [3.63, 3.8) is 0 Å². The Labute approximate surface area is 170 Å². The second kappa shape index (κ2) is 6.71. The molecule has 29 heavy (non-hydrogen) atoms. The van der Waals surface area contributed by atoms with Gasteiger partial charge in [0.05, 0.1) is 6.10 Å². The molecule has 1 amide bonds. The Morgan fingerprint density at radius 3 is 2.34 bits per heavy atom. The summed E-state index contributed by atoms with van der Waals surface area (Å²) in [5, 5.41) is 11.5. The number of fused-ring (bicyclic) bond motifs is 2. The van der Waals surface area contributed by atoms with Crippen molar-refractivity contribution in [3.05, 3.63) is 112 Å². The summed E-state index contributed by atoms with van der Waals surface area (Å²) in [5.74, 6) is -0.423. The number of primary amides is 1. The molecule has 2 aliphatic rings. The molecule has 2 unspecified atom stereocenters. The quantitative estimate of drug-likeness (QED) is 0.710. The molecule has 0 aliphatic heterocycles. The van der Waals surface area contributed by atoms with Crippen LogP contribution in [-0.4, -0.2) is 11.0 Å². The molecule has 5 rings (SSSR count). The van der Waals surface area contributed by atoms with E-state index in [1.807, 2.05) is 30.3 Å².